The first-order chi connectivity index (χ1) is 4.59. The van der Waals surface area contributed by atoms with Gasteiger partial charge in [0.15, 0.2) is 0 Å². The molecule has 0 aromatic heterocycles. The summed E-state index contributed by atoms with van der Waals surface area (Å²) >= 11 is 0. The van der Waals surface area contributed by atoms with Crippen LogP contribution in [0.3, 0.4) is 0 Å². The van der Waals surface area contributed by atoms with E-state index in [1.54, 1.807) is 6.92 Å². The van der Waals surface area contributed by atoms with E-state index in [0.717, 1.165) is 0 Å². The summed E-state index contributed by atoms with van der Waals surface area (Å²) in [6.07, 6.45) is 0. The summed E-state index contributed by atoms with van der Waals surface area (Å²) < 4.78 is 4.73. The molecule has 0 unspecified atom stereocenters. The van der Waals surface area contributed by atoms with Crippen molar-refractivity contribution >= 4 is 5.97 Å². The zero-order valence-corrected chi connectivity index (χ0v) is 6.81. The lowest BCUT2D eigenvalue weighted by Gasteiger charge is -2.06. The van der Waals surface area contributed by atoms with Gasteiger partial charge in [0.05, 0.1) is 6.61 Å². The molecule has 0 radical (unpaired) electrons. The van der Waals surface area contributed by atoms with E-state index in [2.05, 4.69) is 6.58 Å². The SMILES string of the molecule is C=C(C(=O)OCC)C(C)C. The lowest BCUT2D eigenvalue weighted by Crippen LogP contribution is -2.10. The van der Waals surface area contributed by atoms with Gasteiger partial charge in [0.25, 0.3) is 0 Å². The van der Waals surface area contributed by atoms with E-state index in [9.17, 15) is 4.79 Å². The summed E-state index contributed by atoms with van der Waals surface area (Å²) in [6, 6.07) is 0. The van der Waals surface area contributed by atoms with Crippen molar-refractivity contribution in [1.29, 1.82) is 0 Å². The predicted octanol–water partition coefficient (Wildman–Crippen LogP) is 1.76. The number of rotatable bonds is 3. The summed E-state index contributed by atoms with van der Waals surface area (Å²) in [6.45, 7) is 9.63. The van der Waals surface area contributed by atoms with Gasteiger partial charge in [0.2, 0.25) is 0 Å². The van der Waals surface area contributed by atoms with Crippen LogP contribution in [0.5, 0.6) is 0 Å². The van der Waals surface area contributed by atoms with Crippen molar-refractivity contribution in [2.75, 3.05) is 6.61 Å². The third kappa shape index (κ3) is 2.67. The van der Waals surface area contributed by atoms with Crippen LogP contribution in [0.4, 0.5) is 0 Å². The third-order valence-electron chi connectivity index (χ3n) is 1.23. The molecule has 0 aromatic rings. The van der Waals surface area contributed by atoms with Crippen molar-refractivity contribution in [3.8, 4) is 0 Å². The largest absolute Gasteiger partial charge is 0.463 e. The molecule has 0 rings (SSSR count). The van der Waals surface area contributed by atoms with Crippen LogP contribution in [0.2, 0.25) is 0 Å². The van der Waals surface area contributed by atoms with E-state index >= 15 is 0 Å². The van der Waals surface area contributed by atoms with Crippen LogP contribution >= 0.6 is 0 Å². The molecule has 0 bridgehead atoms. The highest BCUT2D eigenvalue weighted by molar-refractivity contribution is 5.88. The molecule has 2 heteroatoms. The first-order valence-corrected chi connectivity index (χ1v) is 3.45. The quantitative estimate of drug-likeness (QED) is 0.443. The van der Waals surface area contributed by atoms with E-state index in [4.69, 9.17) is 4.74 Å². The summed E-state index contributed by atoms with van der Waals surface area (Å²) in [5, 5.41) is 0. The van der Waals surface area contributed by atoms with Crippen LogP contribution in [-0.2, 0) is 9.53 Å². The van der Waals surface area contributed by atoms with Gasteiger partial charge in [-0.3, -0.25) is 0 Å². The van der Waals surface area contributed by atoms with Crippen LogP contribution in [-0.4, -0.2) is 12.6 Å². The maximum Gasteiger partial charge on any atom is 0.333 e. The Kier molecular flexibility index (Phi) is 3.77. The molecule has 0 heterocycles. The second-order valence-electron chi connectivity index (χ2n) is 2.40. The Morgan fingerprint density at radius 2 is 2.10 bits per heavy atom. The Labute approximate surface area is 61.9 Å². The van der Waals surface area contributed by atoms with Gasteiger partial charge in [-0.2, -0.15) is 0 Å². The smallest absolute Gasteiger partial charge is 0.333 e. The van der Waals surface area contributed by atoms with Gasteiger partial charge >= 0.3 is 5.97 Å². The number of carbonyl (C=O) groups excluding carboxylic acids is 1. The Bertz CT molecular complexity index is 136. The van der Waals surface area contributed by atoms with Crippen molar-refractivity contribution < 1.29 is 9.53 Å². The van der Waals surface area contributed by atoms with Gasteiger partial charge in [-0.05, 0) is 12.8 Å². The van der Waals surface area contributed by atoms with Gasteiger partial charge in [-0.25, -0.2) is 4.79 Å². The molecule has 0 aliphatic carbocycles. The van der Waals surface area contributed by atoms with E-state index in [-0.39, 0.29) is 11.9 Å². The topological polar surface area (TPSA) is 26.3 Å². The fourth-order valence-electron chi connectivity index (χ4n) is 0.459. The molecule has 0 fully saturated rings. The molecule has 58 valence electrons. The van der Waals surface area contributed by atoms with E-state index in [1.165, 1.54) is 0 Å². The second-order valence-corrected chi connectivity index (χ2v) is 2.40. The van der Waals surface area contributed by atoms with E-state index in [0.29, 0.717) is 12.2 Å². The maximum atomic E-state index is 10.9. The molecular formula is C8H14O2. The van der Waals surface area contributed by atoms with Crippen LogP contribution in [0.1, 0.15) is 20.8 Å². The molecular weight excluding hydrogens is 128 g/mol. The van der Waals surface area contributed by atoms with E-state index in [1.807, 2.05) is 13.8 Å². The Balaban J connectivity index is 3.83. The predicted molar refractivity (Wildman–Crippen MR) is 40.6 cm³/mol. The number of carbonyl (C=O) groups is 1. The van der Waals surface area contributed by atoms with Crippen molar-refractivity contribution in [2.24, 2.45) is 5.92 Å². The Hall–Kier alpha value is -0.790. The molecule has 0 aliphatic rings. The highest BCUT2D eigenvalue weighted by Gasteiger charge is 2.10. The van der Waals surface area contributed by atoms with Gasteiger partial charge < -0.3 is 4.74 Å². The molecule has 0 saturated heterocycles. The molecule has 0 amide bonds. The summed E-state index contributed by atoms with van der Waals surface area (Å²) in [7, 11) is 0. The summed E-state index contributed by atoms with van der Waals surface area (Å²) in [5.74, 6) is -0.100. The zero-order valence-electron chi connectivity index (χ0n) is 6.81. The number of hydrogen-bond acceptors (Lipinski definition) is 2. The highest BCUT2D eigenvalue weighted by Crippen LogP contribution is 2.07. The second kappa shape index (κ2) is 4.09. The minimum atomic E-state index is -0.280. The summed E-state index contributed by atoms with van der Waals surface area (Å²) in [5.41, 5.74) is 0.543. The van der Waals surface area contributed by atoms with Crippen molar-refractivity contribution in [1.82, 2.24) is 0 Å². The minimum Gasteiger partial charge on any atom is -0.463 e. The van der Waals surface area contributed by atoms with Crippen LogP contribution < -0.4 is 0 Å². The van der Waals surface area contributed by atoms with Crippen LogP contribution in [0, 0.1) is 5.92 Å². The maximum absolute atomic E-state index is 10.9. The molecule has 0 N–H and O–H groups in total. The molecule has 2 nitrogen and oxygen atoms in total. The number of esters is 1. The average molecular weight is 142 g/mol. The fourth-order valence-corrected chi connectivity index (χ4v) is 0.459. The Morgan fingerprint density at radius 3 is 2.40 bits per heavy atom. The normalized spacial score (nSPS) is 9.60. The van der Waals surface area contributed by atoms with Gasteiger partial charge in [-0.1, -0.05) is 20.4 Å². The molecule has 0 saturated carbocycles. The van der Waals surface area contributed by atoms with Crippen molar-refractivity contribution in [2.45, 2.75) is 20.8 Å². The summed E-state index contributed by atoms with van der Waals surface area (Å²) in [4.78, 5) is 10.9. The minimum absolute atomic E-state index is 0.180. The lowest BCUT2D eigenvalue weighted by molar-refractivity contribution is -0.139. The lowest BCUT2D eigenvalue weighted by atomic mass is 10.1. The van der Waals surface area contributed by atoms with Gasteiger partial charge in [0, 0.05) is 5.57 Å². The average Bonchev–Trinajstić information content (AvgIpc) is 1.87. The van der Waals surface area contributed by atoms with Crippen LogP contribution in [0.25, 0.3) is 0 Å². The fraction of sp³-hybridized carbons (Fsp3) is 0.625. The number of hydrogen-bond donors (Lipinski definition) is 0. The molecule has 0 aromatic carbocycles. The third-order valence-corrected chi connectivity index (χ3v) is 1.23. The Morgan fingerprint density at radius 1 is 1.60 bits per heavy atom. The van der Waals surface area contributed by atoms with Crippen LogP contribution in [0.15, 0.2) is 12.2 Å². The van der Waals surface area contributed by atoms with E-state index < -0.39 is 0 Å². The van der Waals surface area contributed by atoms with Crippen molar-refractivity contribution in [3.05, 3.63) is 12.2 Å². The zero-order chi connectivity index (χ0) is 8.15. The standard InChI is InChI=1S/C8H14O2/c1-5-10-8(9)7(4)6(2)3/h6H,4-5H2,1-3H3. The molecule has 10 heavy (non-hydrogen) atoms. The molecule has 0 aliphatic heterocycles. The van der Waals surface area contributed by atoms with Gasteiger partial charge in [-0.15, -0.1) is 0 Å². The molecule has 0 atom stereocenters. The first kappa shape index (κ1) is 9.21. The molecule has 0 spiro atoms. The highest BCUT2D eigenvalue weighted by atomic mass is 16.5. The first-order valence-electron chi connectivity index (χ1n) is 3.45. The monoisotopic (exact) mass is 142 g/mol. The van der Waals surface area contributed by atoms with Gasteiger partial charge in [0.1, 0.15) is 0 Å². The number of ether oxygens (including phenoxy) is 1. The van der Waals surface area contributed by atoms with Crippen molar-refractivity contribution in [3.63, 3.8) is 0 Å².